The van der Waals surface area contributed by atoms with Crippen molar-refractivity contribution in [1.82, 2.24) is 15.2 Å². The molecule has 0 bridgehead atoms. The first-order valence-corrected chi connectivity index (χ1v) is 12.3. The Morgan fingerprint density at radius 2 is 1.94 bits per heavy atom. The van der Waals surface area contributed by atoms with Gasteiger partial charge in [-0.25, -0.2) is 4.98 Å². The lowest BCUT2D eigenvalue weighted by atomic mass is 9.97. The standard InChI is InChI=1S/C25H32ClN7O2/c1-3-28-23-18(13-27)22-19(15-31-23)24(29-9-6-16-7-10-35-11-8-16)32-33-25(22)30-14-17-4-5-21(34-2)20(26)12-17/h4-5,12-13,15-16,27H,3,6-11,14H2,1-2H3,(H,28,31)(H,29,32)(H,30,33). The van der Waals surface area contributed by atoms with Gasteiger partial charge in [0.2, 0.25) is 0 Å². The molecule has 0 radical (unpaired) electrons. The van der Waals surface area contributed by atoms with Gasteiger partial charge in [0.15, 0.2) is 11.6 Å². The number of hydrogen-bond donors (Lipinski definition) is 4. The molecule has 0 spiro atoms. The molecule has 0 unspecified atom stereocenters. The third kappa shape index (κ3) is 5.91. The fourth-order valence-corrected chi connectivity index (χ4v) is 4.58. The summed E-state index contributed by atoms with van der Waals surface area (Å²) in [5, 5.41) is 29.3. The molecule has 186 valence electrons. The Balaban J connectivity index is 1.61. The number of ether oxygens (including phenoxy) is 2. The molecule has 9 nitrogen and oxygen atoms in total. The smallest absolute Gasteiger partial charge is 0.158 e. The molecule has 4 N–H and O–H groups in total. The second-order valence-electron chi connectivity index (χ2n) is 8.47. The zero-order valence-corrected chi connectivity index (χ0v) is 20.9. The van der Waals surface area contributed by atoms with Crippen LogP contribution in [0, 0.1) is 11.3 Å². The Morgan fingerprint density at radius 1 is 1.14 bits per heavy atom. The van der Waals surface area contributed by atoms with Crippen LogP contribution in [-0.2, 0) is 11.3 Å². The predicted molar refractivity (Wildman–Crippen MR) is 141 cm³/mol. The lowest BCUT2D eigenvalue weighted by molar-refractivity contribution is 0.0649. The predicted octanol–water partition coefficient (Wildman–Crippen LogP) is 4.96. The first-order valence-electron chi connectivity index (χ1n) is 12.0. The van der Waals surface area contributed by atoms with E-state index in [1.807, 2.05) is 25.1 Å². The van der Waals surface area contributed by atoms with Gasteiger partial charge < -0.3 is 30.8 Å². The van der Waals surface area contributed by atoms with E-state index in [2.05, 4.69) is 31.1 Å². The van der Waals surface area contributed by atoms with E-state index in [9.17, 15) is 0 Å². The van der Waals surface area contributed by atoms with Crippen LogP contribution >= 0.6 is 11.6 Å². The van der Waals surface area contributed by atoms with E-state index in [4.69, 9.17) is 26.5 Å². The Morgan fingerprint density at radius 3 is 2.66 bits per heavy atom. The maximum Gasteiger partial charge on any atom is 0.158 e. The van der Waals surface area contributed by atoms with Crippen molar-refractivity contribution in [2.24, 2.45) is 5.92 Å². The van der Waals surface area contributed by atoms with E-state index < -0.39 is 0 Å². The number of pyridine rings is 1. The molecular weight excluding hydrogens is 466 g/mol. The zero-order valence-electron chi connectivity index (χ0n) is 20.2. The first-order chi connectivity index (χ1) is 17.1. The monoisotopic (exact) mass is 497 g/mol. The van der Waals surface area contributed by atoms with Crippen LogP contribution in [0.15, 0.2) is 24.4 Å². The van der Waals surface area contributed by atoms with E-state index in [1.54, 1.807) is 13.3 Å². The molecule has 1 aromatic carbocycles. The summed E-state index contributed by atoms with van der Waals surface area (Å²) in [5.74, 6) is 3.19. The van der Waals surface area contributed by atoms with Gasteiger partial charge in [0.05, 0.1) is 12.1 Å². The number of methoxy groups -OCH3 is 1. The van der Waals surface area contributed by atoms with Crippen molar-refractivity contribution >= 4 is 46.0 Å². The summed E-state index contributed by atoms with van der Waals surface area (Å²) >= 11 is 6.29. The van der Waals surface area contributed by atoms with E-state index in [-0.39, 0.29) is 0 Å². The van der Waals surface area contributed by atoms with Crippen molar-refractivity contribution in [2.45, 2.75) is 32.7 Å². The van der Waals surface area contributed by atoms with Gasteiger partial charge in [0.25, 0.3) is 0 Å². The largest absolute Gasteiger partial charge is 0.495 e. The quantitative estimate of drug-likeness (QED) is 0.275. The lowest BCUT2D eigenvalue weighted by Crippen LogP contribution is -2.19. The van der Waals surface area contributed by atoms with E-state index >= 15 is 0 Å². The summed E-state index contributed by atoms with van der Waals surface area (Å²) in [6.07, 6.45) is 6.35. The van der Waals surface area contributed by atoms with Gasteiger partial charge in [-0.15, -0.1) is 10.2 Å². The van der Waals surface area contributed by atoms with Crippen LogP contribution in [0.1, 0.15) is 37.3 Å². The topological polar surface area (TPSA) is 117 Å². The molecule has 1 saturated heterocycles. The summed E-state index contributed by atoms with van der Waals surface area (Å²) in [7, 11) is 1.59. The highest BCUT2D eigenvalue weighted by molar-refractivity contribution is 6.32. The van der Waals surface area contributed by atoms with Crippen LogP contribution in [0.4, 0.5) is 17.5 Å². The fraction of sp³-hybridized carbons (Fsp3) is 0.440. The Kier molecular flexibility index (Phi) is 8.54. The summed E-state index contributed by atoms with van der Waals surface area (Å²) in [6.45, 7) is 5.65. The van der Waals surface area contributed by atoms with Gasteiger partial charge in [-0.3, -0.25) is 0 Å². The summed E-state index contributed by atoms with van der Waals surface area (Å²) in [6, 6.07) is 5.64. The summed E-state index contributed by atoms with van der Waals surface area (Å²) in [5.41, 5.74) is 1.64. The average molecular weight is 498 g/mol. The third-order valence-electron chi connectivity index (χ3n) is 6.21. The lowest BCUT2D eigenvalue weighted by Gasteiger charge is -2.22. The van der Waals surface area contributed by atoms with E-state index in [0.29, 0.717) is 52.8 Å². The number of fused-ring (bicyclic) bond motifs is 1. The number of anilines is 3. The molecule has 0 aliphatic carbocycles. The number of nitrogens with zero attached hydrogens (tertiary/aromatic N) is 3. The van der Waals surface area contributed by atoms with Crippen molar-refractivity contribution in [1.29, 1.82) is 5.41 Å². The SMILES string of the molecule is CCNc1ncc2c(NCCC3CCOCC3)nnc(NCc3ccc(OC)c(Cl)c3)c2c1C=N. The number of nitrogens with one attached hydrogen (secondary N) is 4. The minimum atomic E-state index is 0.486. The maximum atomic E-state index is 8.11. The van der Waals surface area contributed by atoms with Crippen molar-refractivity contribution in [2.75, 3.05) is 49.4 Å². The van der Waals surface area contributed by atoms with Crippen molar-refractivity contribution in [3.63, 3.8) is 0 Å². The van der Waals surface area contributed by atoms with Crippen molar-refractivity contribution < 1.29 is 9.47 Å². The molecule has 1 fully saturated rings. The zero-order chi connectivity index (χ0) is 24.6. The number of benzene rings is 1. The molecule has 3 heterocycles. The van der Waals surface area contributed by atoms with Crippen LogP contribution < -0.4 is 20.7 Å². The second kappa shape index (κ2) is 12.0. The second-order valence-corrected chi connectivity index (χ2v) is 8.88. The molecule has 4 rings (SSSR count). The molecule has 1 aliphatic heterocycles. The average Bonchev–Trinajstić information content (AvgIpc) is 2.88. The molecule has 0 saturated carbocycles. The van der Waals surface area contributed by atoms with Crippen LogP contribution in [-0.4, -0.2) is 54.8 Å². The van der Waals surface area contributed by atoms with Crippen LogP contribution in [0.3, 0.4) is 0 Å². The molecule has 35 heavy (non-hydrogen) atoms. The van der Waals surface area contributed by atoms with Gasteiger partial charge in [0.1, 0.15) is 11.6 Å². The van der Waals surface area contributed by atoms with Gasteiger partial charge in [-0.2, -0.15) is 0 Å². The molecule has 1 aliphatic rings. The highest BCUT2D eigenvalue weighted by Crippen LogP contribution is 2.32. The molecule has 2 aromatic heterocycles. The summed E-state index contributed by atoms with van der Waals surface area (Å²) in [4.78, 5) is 4.57. The highest BCUT2D eigenvalue weighted by atomic mass is 35.5. The van der Waals surface area contributed by atoms with Gasteiger partial charge >= 0.3 is 0 Å². The fourth-order valence-electron chi connectivity index (χ4n) is 4.30. The Hall–Kier alpha value is -3.17. The van der Waals surface area contributed by atoms with Crippen LogP contribution in [0.2, 0.25) is 5.02 Å². The number of rotatable bonds is 11. The highest BCUT2D eigenvalue weighted by Gasteiger charge is 2.18. The van der Waals surface area contributed by atoms with Crippen LogP contribution in [0.25, 0.3) is 10.8 Å². The molecular formula is C25H32ClN7O2. The van der Waals surface area contributed by atoms with E-state index in [0.717, 1.165) is 55.4 Å². The molecule has 0 amide bonds. The molecule has 3 aromatic rings. The Labute approximate surface area is 210 Å². The minimum Gasteiger partial charge on any atom is -0.495 e. The van der Waals surface area contributed by atoms with Crippen molar-refractivity contribution in [3.05, 3.63) is 40.5 Å². The molecule has 0 atom stereocenters. The van der Waals surface area contributed by atoms with Crippen molar-refractivity contribution in [3.8, 4) is 5.75 Å². The van der Waals surface area contributed by atoms with Gasteiger partial charge in [-0.1, -0.05) is 17.7 Å². The normalized spacial score (nSPS) is 14.0. The molecule has 10 heteroatoms. The minimum absolute atomic E-state index is 0.486. The van der Waals surface area contributed by atoms with E-state index in [1.165, 1.54) is 6.21 Å². The third-order valence-corrected chi connectivity index (χ3v) is 6.50. The number of hydrogen-bond acceptors (Lipinski definition) is 9. The first kappa shape index (κ1) is 24.9. The van der Waals surface area contributed by atoms with Gasteiger partial charge in [-0.05, 0) is 49.8 Å². The van der Waals surface area contributed by atoms with Gasteiger partial charge in [0, 0.05) is 61.6 Å². The number of aromatic nitrogens is 3. The Bertz CT molecular complexity index is 1170. The maximum absolute atomic E-state index is 8.11. The number of halogens is 1. The van der Waals surface area contributed by atoms with Crippen LogP contribution in [0.5, 0.6) is 5.75 Å². The summed E-state index contributed by atoms with van der Waals surface area (Å²) < 4.78 is 10.7.